The van der Waals surface area contributed by atoms with E-state index >= 15 is 0 Å². The molecule has 1 aromatic carbocycles. The second-order valence-electron chi connectivity index (χ2n) is 5.76. The molecule has 7 nitrogen and oxygen atoms in total. The number of hydrogen-bond acceptors (Lipinski definition) is 5. The summed E-state index contributed by atoms with van der Waals surface area (Å²) < 4.78 is 18.6. The molecule has 24 heavy (non-hydrogen) atoms. The molecule has 8 heteroatoms. The third kappa shape index (κ3) is 5.09. The smallest absolute Gasteiger partial charge is 0.314 e. The highest BCUT2D eigenvalue weighted by atomic mass is 19.1. The first-order chi connectivity index (χ1) is 11.5. The highest BCUT2D eigenvalue weighted by molar-refractivity contribution is 6.01. The molecule has 2 amide bonds. The number of methoxy groups -OCH3 is 1. The maximum atomic E-state index is 13.7. The summed E-state index contributed by atoms with van der Waals surface area (Å²) in [5.41, 5.74) is 1.29. The summed E-state index contributed by atoms with van der Waals surface area (Å²) in [7, 11) is 5.29. The summed E-state index contributed by atoms with van der Waals surface area (Å²) in [6, 6.07) is 4.40. The van der Waals surface area contributed by atoms with Crippen LogP contribution in [0.3, 0.4) is 0 Å². The van der Waals surface area contributed by atoms with E-state index < -0.39 is 5.82 Å². The van der Waals surface area contributed by atoms with Gasteiger partial charge in [-0.15, -0.1) is 0 Å². The molecule has 0 spiro atoms. The van der Waals surface area contributed by atoms with Crippen LogP contribution in [0.25, 0.3) is 0 Å². The summed E-state index contributed by atoms with van der Waals surface area (Å²) in [6.45, 7) is 1.67. The van der Waals surface area contributed by atoms with E-state index in [2.05, 4.69) is 15.8 Å². The largest absolute Gasteiger partial charge is 0.494 e. The van der Waals surface area contributed by atoms with Crippen LogP contribution in [-0.2, 0) is 4.84 Å². The number of nitrogens with one attached hydrogen (secondary N) is 2. The Bertz CT molecular complexity index is 607. The van der Waals surface area contributed by atoms with Gasteiger partial charge in [0.2, 0.25) is 0 Å². The Hall–Kier alpha value is -2.35. The topological polar surface area (TPSA) is 75.2 Å². The van der Waals surface area contributed by atoms with Crippen molar-refractivity contribution in [2.24, 2.45) is 5.16 Å². The second kappa shape index (κ2) is 8.49. The Morgan fingerprint density at radius 1 is 1.46 bits per heavy atom. The van der Waals surface area contributed by atoms with Crippen molar-refractivity contribution in [1.82, 2.24) is 15.5 Å². The predicted octanol–water partition coefficient (Wildman–Crippen LogP) is 1.19. The van der Waals surface area contributed by atoms with E-state index in [-0.39, 0.29) is 17.9 Å². The van der Waals surface area contributed by atoms with Crippen LogP contribution in [0, 0.1) is 5.82 Å². The quantitative estimate of drug-likeness (QED) is 0.783. The molecular formula is C16H23FN4O3. The molecule has 2 rings (SSSR count). The van der Waals surface area contributed by atoms with Crippen LogP contribution in [0.5, 0.6) is 5.75 Å². The molecule has 1 heterocycles. The third-order valence-corrected chi connectivity index (χ3v) is 3.55. The van der Waals surface area contributed by atoms with Crippen LogP contribution in [-0.4, -0.2) is 63.6 Å². The van der Waals surface area contributed by atoms with E-state index in [1.807, 2.05) is 19.0 Å². The van der Waals surface area contributed by atoms with Crippen molar-refractivity contribution in [3.05, 3.63) is 29.6 Å². The molecule has 1 aliphatic rings. The monoisotopic (exact) mass is 338 g/mol. The molecule has 2 N–H and O–H groups in total. The molecule has 0 saturated heterocycles. The van der Waals surface area contributed by atoms with E-state index in [4.69, 9.17) is 9.57 Å². The van der Waals surface area contributed by atoms with Crippen LogP contribution in [0.2, 0.25) is 0 Å². The number of halogens is 1. The number of urea groups is 1. The van der Waals surface area contributed by atoms with Crippen LogP contribution < -0.4 is 15.4 Å². The number of likely N-dealkylation sites (N-methyl/N-ethyl adjacent to an activating group) is 1. The Kier molecular flexibility index (Phi) is 6.36. The fourth-order valence-corrected chi connectivity index (χ4v) is 2.22. The minimum atomic E-state index is -0.445. The normalized spacial score (nSPS) is 16.5. The van der Waals surface area contributed by atoms with E-state index in [1.54, 1.807) is 12.1 Å². The van der Waals surface area contributed by atoms with Crippen molar-refractivity contribution >= 4 is 11.7 Å². The van der Waals surface area contributed by atoms with E-state index in [1.165, 1.54) is 13.2 Å². The average molecular weight is 338 g/mol. The number of carbonyl (C=O) groups is 1. The van der Waals surface area contributed by atoms with Crippen LogP contribution in [0.4, 0.5) is 9.18 Å². The van der Waals surface area contributed by atoms with Crippen molar-refractivity contribution in [3.63, 3.8) is 0 Å². The Morgan fingerprint density at radius 2 is 2.25 bits per heavy atom. The number of carbonyl (C=O) groups excluding carboxylic acids is 1. The molecular weight excluding hydrogens is 315 g/mol. The van der Waals surface area contributed by atoms with Gasteiger partial charge in [0.1, 0.15) is 0 Å². The van der Waals surface area contributed by atoms with E-state index in [0.717, 1.165) is 6.54 Å². The fourth-order valence-electron chi connectivity index (χ4n) is 2.22. The Morgan fingerprint density at radius 3 is 2.92 bits per heavy atom. The van der Waals surface area contributed by atoms with Gasteiger partial charge < -0.3 is 25.1 Å². The second-order valence-corrected chi connectivity index (χ2v) is 5.76. The Labute approximate surface area is 140 Å². The number of nitrogens with zero attached hydrogens (tertiary/aromatic N) is 2. The number of hydrogen-bond donors (Lipinski definition) is 2. The van der Waals surface area contributed by atoms with Gasteiger partial charge in [0.05, 0.1) is 19.4 Å². The zero-order valence-corrected chi connectivity index (χ0v) is 14.1. The molecule has 0 unspecified atom stereocenters. The standard InChI is InChI=1S/C16H23FN4O3/c1-21(2)7-6-18-16(22)19-10-12-9-14(20-24-12)11-4-5-15(23-3)13(17)8-11/h4-5,8,12H,6-7,9-10H2,1-3H3,(H2,18,19,22)/t12-/m1/s1. The van der Waals surface area contributed by atoms with Gasteiger partial charge in [-0.3, -0.25) is 0 Å². The zero-order chi connectivity index (χ0) is 17.5. The Balaban J connectivity index is 1.76. The third-order valence-electron chi connectivity index (χ3n) is 3.55. The molecule has 0 saturated carbocycles. The molecule has 1 aliphatic heterocycles. The van der Waals surface area contributed by atoms with E-state index in [9.17, 15) is 9.18 Å². The first-order valence-electron chi connectivity index (χ1n) is 7.72. The molecule has 1 aromatic rings. The lowest BCUT2D eigenvalue weighted by molar-refractivity contribution is 0.0865. The maximum absolute atomic E-state index is 13.7. The van der Waals surface area contributed by atoms with Crippen molar-refractivity contribution in [2.45, 2.75) is 12.5 Å². The first kappa shape index (κ1) is 18.0. The minimum absolute atomic E-state index is 0.186. The lowest BCUT2D eigenvalue weighted by atomic mass is 10.0. The molecule has 132 valence electrons. The summed E-state index contributed by atoms with van der Waals surface area (Å²) in [4.78, 5) is 18.9. The van der Waals surface area contributed by atoms with Crippen LogP contribution in [0.1, 0.15) is 12.0 Å². The van der Waals surface area contributed by atoms with Gasteiger partial charge in [-0.1, -0.05) is 5.16 Å². The summed E-state index contributed by atoms with van der Waals surface area (Å²) in [5, 5.41) is 9.47. The molecule has 0 radical (unpaired) electrons. The summed E-state index contributed by atoms with van der Waals surface area (Å²) >= 11 is 0. The van der Waals surface area contributed by atoms with Gasteiger partial charge in [0, 0.05) is 25.1 Å². The number of amides is 2. The number of rotatable bonds is 7. The van der Waals surface area contributed by atoms with Gasteiger partial charge in [-0.05, 0) is 32.3 Å². The number of oxime groups is 1. The number of benzene rings is 1. The SMILES string of the molecule is COc1ccc(C2=NO[C@@H](CNC(=O)NCCN(C)C)C2)cc1F. The van der Waals surface area contributed by atoms with Gasteiger partial charge in [0.25, 0.3) is 0 Å². The van der Waals surface area contributed by atoms with Gasteiger partial charge in [-0.2, -0.15) is 0 Å². The maximum Gasteiger partial charge on any atom is 0.314 e. The lowest BCUT2D eigenvalue weighted by Crippen LogP contribution is -2.42. The van der Waals surface area contributed by atoms with Crippen LogP contribution >= 0.6 is 0 Å². The van der Waals surface area contributed by atoms with Crippen LogP contribution in [0.15, 0.2) is 23.4 Å². The summed E-state index contributed by atoms with van der Waals surface area (Å²) in [5.74, 6) is -0.259. The summed E-state index contributed by atoms with van der Waals surface area (Å²) in [6.07, 6.45) is 0.244. The average Bonchev–Trinajstić information content (AvgIpc) is 3.01. The van der Waals surface area contributed by atoms with Crippen molar-refractivity contribution in [2.75, 3.05) is 40.8 Å². The van der Waals surface area contributed by atoms with Crippen molar-refractivity contribution < 1.29 is 18.8 Å². The first-order valence-corrected chi connectivity index (χ1v) is 7.72. The van der Waals surface area contributed by atoms with Gasteiger partial charge in [0.15, 0.2) is 17.7 Å². The lowest BCUT2D eigenvalue weighted by Gasteiger charge is -2.13. The molecule has 0 aliphatic carbocycles. The highest BCUT2D eigenvalue weighted by Crippen LogP contribution is 2.22. The van der Waals surface area contributed by atoms with E-state index in [0.29, 0.717) is 30.8 Å². The van der Waals surface area contributed by atoms with Gasteiger partial charge in [-0.25, -0.2) is 9.18 Å². The van der Waals surface area contributed by atoms with Crippen molar-refractivity contribution in [3.8, 4) is 5.75 Å². The molecule has 0 bridgehead atoms. The highest BCUT2D eigenvalue weighted by Gasteiger charge is 2.23. The fraction of sp³-hybridized carbons (Fsp3) is 0.500. The van der Waals surface area contributed by atoms with Crippen molar-refractivity contribution in [1.29, 1.82) is 0 Å². The van der Waals surface area contributed by atoms with Gasteiger partial charge >= 0.3 is 6.03 Å². The molecule has 0 aromatic heterocycles. The molecule has 1 atom stereocenters. The zero-order valence-electron chi connectivity index (χ0n) is 14.1. The number of ether oxygens (including phenoxy) is 1. The molecule has 0 fully saturated rings. The minimum Gasteiger partial charge on any atom is -0.494 e. The predicted molar refractivity (Wildman–Crippen MR) is 88.9 cm³/mol.